The maximum absolute atomic E-state index is 11.3. The smallest absolute Gasteiger partial charge is 0.151 e. The highest BCUT2D eigenvalue weighted by Gasteiger charge is 2.13. The van der Waals surface area contributed by atoms with Gasteiger partial charge in [-0.2, -0.15) is 11.8 Å². The number of nitrogens with two attached hydrogens (primary N) is 1. The third-order valence-electron chi connectivity index (χ3n) is 1.74. The number of hydrogen-bond acceptors (Lipinski definition) is 4. The summed E-state index contributed by atoms with van der Waals surface area (Å²) in [7, 11) is 1.82. The van der Waals surface area contributed by atoms with Gasteiger partial charge in [-0.15, -0.1) is 0 Å². The van der Waals surface area contributed by atoms with Crippen LogP contribution in [0.3, 0.4) is 0 Å². The monoisotopic (exact) mass is 190 g/mol. The number of thioether (sulfide) groups is 1. The molecule has 0 radical (unpaired) electrons. The Morgan fingerprint density at radius 1 is 1.67 bits per heavy atom. The Bertz CT molecular complexity index is 130. The topological polar surface area (TPSA) is 55.1 Å². The third kappa shape index (κ3) is 4.74. The van der Waals surface area contributed by atoms with Crippen molar-refractivity contribution in [2.75, 3.05) is 25.6 Å². The van der Waals surface area contributed by atoms with Crippen LogP contribution >= 0.6 is 11.8 Å². The van der Waals surface area contributed by atoms with E-state index in [0.717, 1.165) is 12.2 Å². The average molecular weight is 190 g/mol. The van der Waals surface area contributed by atoms with E-state index in [2.05, 4.69) is 5.32 Å². The molecule has 12 heavy (non-hydrogen) atoms. The first-order valence-corrected chi connectivity index (χ1v) is 5.54. The number of nitrogens with one attached hydrogen (secondary N) is 1. The normalized spacial score (nSPS) is 12.9. The molecule has 0 saturated carbocycles. The van der Waals surface area contributed by atoms with Crippen molar-refractivity contribution in [2.24, 2.45) is 5.73 Å². The van der Waals surface area contributed by atoms with E-state index in [1.54, 1.807) is 11.8 Å². The number of carbonyl (C=O) groups excluding carboxylic acids is 1. The molecule has 0 heterocycles. The summed E-state index contributed by atoms with van der Waals surface area (Å²) < 4.78 is 0. The molecule has 0 aliphatic carbocycles. The lowest BCUT2D eigenvalue weighted by Gasteiger charge is -2.13. The minimum atomic E-state index is 0.000926. The number of likely N-dealkylation sites (N-methyl/N-ethyl adjacent to an activating group) is 1. The molecule has 3 nitrogen and oxygen atoms in total. The Balaban J connectivity index is 3.71. The van der Waals surface area contributed by atoms with Gasteiger partial charge in [0.15, 0.2) is 5.78 Å². The van der Waals surface area contributed by atoms with E-state index in [1.807, 2.05) is 13.3 Å². The largest absolute Gasteiger partial charge is 0.330 e. The molecule has 0 aromatic rings. The molecule has 4 heteroatoms. The fourth-order valence-corrected chi connectivity index (χ4v) is 1.49. The SMILES string of the molecule is CN[C@@H](CCSC)C(=O)CCN. The third-order valence-corrected chi connectivity index (χ3v) is 2.38. The summed E-state index contributed by atoms with van der Waals surface area (Å²) in [6.07, 6.45) is 3.43. The molecule has 0 bridgehead atoms. The lowest BCUT2D eigenvalue weighted by Crippen LogP contribution is -2.35. The van der Waals surface area contributed by atoms with Crippen molar-refractivity contribution in [3.05, 3.63) is 0 Å². The van der Waals surface area contributed by atoms with E-state index in [4.69, 9.17) is 5.73 Å². The summed E-state index contributed by atoms with van der Waals surface area (Å²) in [5.41, 5.74) is 5.30. The van der Waals surface area contributed by atoms with E-state index in [0.29, 0.717) is 13.0 Å². The van der Waals surface area contributed by atoms with Gasteiger partial charge in [-0.3, -0.25) is 4.79 Å². The number of rotatable bonds is 7. The van der Waals surface area contributed by atoms with Gasteiger partial charge in [0, 0.05) is 6.42 Å². The second kappa shape index (κ2) is 7.58. The summed E-state index contributed by atoms with van der Waals surface area (Å²) in [6.45, 7) is 0.455. The van der Waals surface area contributed by atoms with E-state index in [1.165, 1.54) is 0 Å². The van der Waals surface area contributed by atoms with Gasteiger partial charge in [0.25, 0.3) is 0 Å². The molecule has 3 N–H and O–H groups in total. The van der Waals surface area contributed by atoms with Crippen LogP contribution in [0.25, 0.3) is 0 Å². The fraction of sp³-hybridized carbons (Fsp3) is 0.875. The molecule has 0 amide bonds. The highest BCUT2D eigenvalue weighted by molar-refractivity contribution is 7.98. The molecule has 72 valence electrons. The van der Waals surface area contributed by atoms with Crippen molar-refractivity contribution in [1.29, 1.82) is 0 Å². The predicted molar refractivity (Wildman–Crippen MR) is 54.5 cm³/mol. The van der Waals surface area contributed by atoms with Crippen molar-refractivity contribution >= 4 is 17.5 Å². The molecule has 0 unspecified atom stereocenters. The highest BCUT2D eigenvalue weighted by atomic mass is 32.2. The van der Waals surface area contributed by atoms with Crippen LogP contribution in [0.15, 0.2) is 0 Å². The summed E-state index contributed by atoms with van der Waals surface area (Å²) in [4.78, 5) is 11.3. The van der Waals surface area contributed by atoms with Gasteiger partial charge in [-0.05, 0) is 32.0 Å². The van der Waals surface area contributed by atoms with Gasteiger partial charge in [0.1, 0.15) is 0 Å². The lowest BCUT2D eigenvalue weighted by molar-refractivity contribution is -0.120. The number of ketones is 1. The Hall–Kier alpha value is -0.0600. The predicted octanol–water partition coefficient (Wildman–Crippen LogP) is 0.245. The number of hydrogen-bond donors (Lipinski definition) is 2. The first kappa shape index (κ1) is 11.9. The second-order valence-corrected chi connectivity index (χ2v) is 3.61. The minimum absolute atomic E-state index is 0.000926. The Morgan fingerprint density at radius 2 is 2.33 bits per heavy atom. The Morgan fingerprint density at radius 3 is 2.75 bits per heavy atom. The van der Waals surface area contributed by atoms with Crippen LogP contribution in [-0.2, 0) is 4.79 Å². The molecule has 0 spiro atoms. The van der Waals surface area contributed by atoms with Gasteiger partial charge in [0.05, 0.1) is 6.04 Å². The van der Waals surface area contributed by atoms with E-state index < -0.39 is 0 Å². The van der Waals surface area contributed by atoms with Crippen molar-refractivity contribution in [1.82, 2.24) is 5.32 Å². The molecule has 0 aliphatic heterocycles. The lowest BCUT2D eigenvalue weighted by atomic mass is 10.1. The zero-order valence-corrected chi connectivity index (χ0v) is 8.62. The second-order valence-electron chi connectivity index (χ2n) is 2.63. The Kier molecular flexibility index (Phi) is 7.54. The summed E-state index contributed by atoms with van der Waals surface area (Å²) in [5.74, 6) is 1.25. The molecule has 0 rings (SSSR count). The maximum atomic E-state index is 11.3. The van der Waals surface area contributed by atoms with Crippen LogP contribution in [0.4, 0.5) is 0 Å². The van der Waals surface area contributed by atoms with E-state index >= 15 is 0 Å². The molecule has 1 atom stereocenters. The van der Waals surface area contributed by atoms with Gasteiger partial charge in [0.2, 0.25) is 0 Å². The van der Waals surface area contributed by atoms with Crippen molar-refractivity contribution in [3.63, 3.8) is 0 Å². The first-order chi connectivity index (χ1) is 5.76. The van der Waals surface area contributed by atoms with Crippen LogP contribution in [0.5, 0.6) is 0 Å². The van der Waals surface area contributed by atoms with Crippen LogP contribution in [0.1, 0.15) is 12.8 Å². The highest BCUT2D eigenvalue weighted by Crippen LogP contribution is 2.02. The minimum Gasteiger partial charge on any atom is -0.330 e. The van der Waals surface area contributed by atoms with Crippen molar-refractivity contribution < 1.29 is 4.79 Å². The van der Waals surface area contributed by atoms with Crippen LogP contribution in [-0.4, -0.2) is 37.4 Å². The molecular formula is C8H18N2OS. The fourth-order valence-electron chi connectivity index (χ4n) is 1.02. The molecule has 0 aliphatic rings. The number of Topliss-reactive ketones (excluding diaryl/α,β-unsaturated/α-hetero) is 1. The average Bonchev–Trinajstić information content (AvgIpc) is 2.06. The molecule has 0 aromatic carbocycles. The zero-order valence-electron chi connectivity index (χ0n) is 7.80. The van der Waals surface area contributed by atoms with E-state index in [9.17, 15) is 4.79 Å². The van der Waals surface area contributed by atoms with Gasteiger partial charge in [-0.1, -0.05) is 0 Å². The first-order valence-electron chi connectivity index (χ1n) is 4.15. The quantitative estimate of drug-likeness (QED) is 0.604. The van der Waals surface area contributed by atoms with Crippen LogP contribution in [0.2, 0.25) is 0 Å². The van der Waals surface area contributed by atoms with Gasteiger partial charge in [-0.25, -0.2) is 0 Å². The maximum Gasteiger partial charge on any atom is 0.151 e. The summed E-state index contributed by atoms with van der Waals surface area (Å²) >= 11 is 1.76. The summed E-state index contributed by atoms with van der Waals surface area (Å²) in [5, 5.41) is 3.00. The van der Waals surface area contributed by atoms with Gasteiger partial charge < -0.3 is 11.1 Å². The molecule has 0 fully saturated rings. The molecular weight excluding hydrogens is 172 g/mol. The zero-order chi connectivity index (χ0) is 9.40. The van der Waals surface area contributed by atoms with E-state index in [-0.39, 0.29) is 11.8 Å². The van der Waals surface area contributed by atoms with Crippen LogP contribution in [0, 0.1) is 0 Å². The molecule has 0 saturated heterocycles. The molecule has 0 aromatic heterocycles. The van der Waals surface area contributed by atoms with Crippen molar-refractivity contribution in [2.45, 2.75) is 18.9 Å². The van der Waals surface area contributed by atoms with Crippen LogP contribution < -0.4 is 11.1 Å². The van der Waals surface area contributed by atoms with Gasteiger partial charge >= 0.3 is 0 Å². The van der Waals surface area contributed by atoms with Crippen molar-refractivity contribution in [3.8, 4) is 0 Å². The number of carbonyl (C=O) groups is 1. The summed E-state index contributed by atoms with van der Waals surface area (Å²) in [6, 6.07) is 0.000926. The Labute approximate surface area is 78.5 Å². The standard InChI is InChI=1S/C8H18N2OS/c1-10-7(4-6-12-2)8(11)3-5-9/h7,10H,3-6,9H2,1-2H3/t7-/m0/s1.